The average molecular weight is 320 g/mol. The van der Waals surface area contributed by atoms with Gasteiger partial charge >= 0.3 is 0 Å². The minimum Gasteiger partial charge on any atom is -0.355 e. The van der Waals surface area contributed by atoms with Crippen LogP contribution < -0.4 is 10.6 Å². The summed E-state index contributed by atoms with van der Waals surface area (Å²) in [6.07, 6.45) is 5.22. The maximum absolute atomic E-state index is 12.3. The van der Waals surface area contributed by atoms with Crippen molar-refractivity contribution >= 4 is 17.5 Å². The number of imidazole rings is 1. The fourth-order valence-electron chi connectivity index (χ4n) is 2.28. The Morgan fingerprint density at radius 3 is 2.46 bits per heavy atom. The van der Waals surface area contributed by atoms with E-state index in [0.717, 1.165) is 5.69 Å². The number of carbonyl (C=O) groups is 2. The first kappa shape index (κ1) is 15.5. The molecule has 6 heteroatoms. The van der Waals surface area contributed by atoms with Crippen LogP contribution in [0, 0.1) is 0 Å². The standard InChI is InChI=1S/C18H16N4O2/c1-19-17(23)14-3-2-4-15(11-14)21-18(24)13-5-7-16(8-6-13)22-10-9-20-12-22/h2-12H,1H3,(H,19,23)(H,21,24). The highest BCUT2D eigenvalue weighted by Crippen LogP contribution is 2.14. The second-order valence-electron chi connectivity index (χ2n) is 5.13. The van der Waals surface area contributed by atoms with Crippen LogP contribution in [-0.4, -0.2) is 28.4 Å². The molecule has 0 atom stereocenters. The minimum absolute atomic E-state index is 0.198. The largest absolute Gasteiger partial charge is 0.355 e. The first-order chi connectivity index (χ1) is 11.7. The van der Waals surface area contributed by atoms with E-state index in [2.05, 4.69) is 15.6 Å². The van der Waals surface area contributed by atoms with Crippen molar-refractivity contribution in [3.63, 3.8) is 0 Å². The van der Waals surface area contributed by atoms with E-state index < -0.39 is 0 Å². The Bertz CT molecular complexity index is 855. The van der Waals surface area contributed by atoms with E-state index >= 15 is 0 Å². The van der Waals surface area contributed by atoms with Crippen molar-refractivity contribution in [3.8, 4) is 5.69 Å². The Balaban J connectivity index is 1.74. The number of nitrogens with zero attached hydrogens (tertiary/aromatic N) is 2. The van der Waals surface area contributed by atoms with E-state index in [1.165, 1.54) is 0 Å². The van der Waals surface area contributed by atoms with Crippen molar-refractivity contribution in [1.82, 2.24) is 14.9 Å². The monoisotopic (exact) mass is 320 g/mol. The van der Waals surface area contributed by atoms with Gasteiger partial charge in [0.1, 0.15) is 0 Å². The van der Waals surface area contributed by atoms with E-state index in [0.29, 0.717) is 16.8 Å². The molecule has 0 saturated heterocycles. The third-order valence-corrected chi connectivity index (χ3v) is 3.54. The average Bonchev–Trinajstić information content (AvgIpc) is 3.16. The van der Waals surface area contributed by atoms with Crippen LogP contribution in [0.5, 0.6) is 0 Å². The van der Waals surface area contributed by atoms with Gasteiger partial charge in [-0.1, -0.05) is 6.07 Å². The summed E-state index contributed by atoms with van der Waals surface area (Å²) < 4.78 is 1.86. The molecule has 0 unspecified atom stereocenters. The highest BCUT2D eigenvalue weighted by Gasteiger charge is 2.08. The molecule has 0 aliphatic heterocycles. The quantitative estimate of drug-likeness (QED) is 0.775. The van der Waals surface area contributed by atoms with Crippen molar-refractivity contribution in [2.45, 2.75) is 0 Å². The molecule has 0 fully saturated rings. The Labute approximate surface area is 139 Å². The molecule has 1 aromatic heterocycles. The number of aromatic nitrogens is 2. The summed E-state index contributed by atoms with van der Waals surface area (Å²) in [5, 5.41) is 5.35. The van der Waals surface area contributed by atoms with Crippen molar-refractivity contribution < 1.29 is 9.59 Å². The van der Waals surface area contributed by atoms with E-state index in [9.17, 15) is 9.59 Å². The van der Waals surface area contributed by atoms with Gasteiger partial charge in [0, 0.05) is 41.9 Å². The molecule has 3 aromatic rings. The zero-order valence-electron chi connectivity index (χ0n) is 13.1. The molecule has 1 heterocycles. The van der Waals surface area contributed by atoms with Gasteiger partial charge in [-0.05, 0) is 42.5 Å². The molecule has 2 aromatic carbocycles. The Kier molecular flexibility index (Phi) is 4.38. The van der Waals surface area contributed by atoms with E-state index in [1.54, 1.807) is 56.0 Å². The fraction of sp³-hybridized carbons (Fsp3) is 0.0556. The van der Waals surface area contributed by atoms with Gasteiger partial charge in [-0.2, -0.15) is 0 Å². The molecule has 2 amide bonds. The van der Waals surface area contributed by atoms with Crippen LogP contribution in [0.25, 0.3) is 5.69 Å². The summed E-state index contributed by atoms with van der Waals surface area (Å²) in [5.41, 5.74) is 2.51. The molecule has 120 valence electrons. The predicted octanol–water partition coefficient (Wildman–Crippen LogP) is 2.48. The Morgan fingerprint density at radius 1 is 1.00 bits per heavy atom. The number of benzene rings is 2. The molecule has 6 nitrogen and oxygen atoms in total. The van der Waals surface area contributed by atoms with E-state index in [4.69, 9.17) is 0 Å². The van der Waals surface area contributed by atoms with Crippen LogP contribution in [0.3, 0.4) is 0 Å². The summed E-state index contributed by atoms with van der Waals surface area (Å²) in [5.74, 6) is -0.433. The Morgan fingerprint density at radius 2 is 1.79 bits per heavy atom. The molecule has 2 N–H and O–H groups in total. The molecule has 0 aliphatic carbocycles. The lowest BCUT2D eigenvalue weighted by molar-refractivity contribution is 0.0961. The minimum atomic E-state index is -0.235. The second kappa shape index (κ2) is 6.78. The lowest BCUT2D eigenvalue weighted by atomic mass is 10.1. The molecule has 0 saturated carbocycles. The van der Waals surface area contributed by atoms with Crippen LogP contribution >= 0.6 is 0 Å². The van der Waals surface area contributed by atoms with Crippen LogP contribution in [0.2, 0.25) is 0 Å². The number of amides is 2. The van der Waals surface area contributed by atoms with Gasteiger partial charge in [0.25, 0.3) is 11.8 Å². The first-order valence-corrected chi connectivity index (χ1v) is 7.39. The molecule has 3 rings (SSSR count). The SMILES string of the molecule is CNC(=O)c1cccc(NC(=O)c2ccc(-n3ccnc3)cc2)c1. The molecule has 0 radical (unpaired) electrons. The second-order valence-corrected chi connectivity index (χ2v) is 5.13. The molecule has 0 aliphatic rings. The molecular weight excluding hydrogens is 304 g/mol. The number of anilines is 1. The molecule has 0 bridgehead atoms. The number of carbonyl (C=O) groups excluding carboxylic acids is 2. The maximum atomic E-state index is 12.3. The van der Waals surface area contributed by atoms with Gasteiger partial charge in [-0.15, -0.1) is 0 Å². The van der Waals surface area contributed by atoms with Gasteiger partial charge < -0.3 is 15.2 Å². The molecular formula is C18H16N4O2. The van der Waals surface area contributed by atoms with Crippen LogP contribution in [-0.2, 0) is 0 Å². The van der Waals surface area contributed by atoms with Gasteiger partial charge in [0.2, 0.25) is 0 Å². The number of nitrogens with one attached hydrogen (secondary N) is 2. The normalized spacial score (nSPS) is 10.2. The van der Waals surface area contributed by atoms with Crippen molar-refractivity contribution in [2.24, 2.45) is 0 Å². The first-order valence-electron chi connectivity index (χ1n) is 7.39. The lowest BCUT2D eigenvalue weighted by Gasteiger charge is -2.08. The summed E-state index contributed by atoms with van der Waals surface area (Å²) in [6.45, 7) is 0. The smallest absolute Gasteiger partial charge is 0.255 e. The number of rotatable bonds is 4. The highest BCUT2D eigenvalue weighted by molar-refractivity contribution is 6.05. The third-order valence-electron chi connectivity index (χ3n) is 3.54. The van der Waals surface area contributed by atoms with Gasteiger partial charge in [0.05, 0.1) is 6.33 Å². The summed E-state index contributed by atoms with van der Waals surface area (Å²) >= 11 is 0. The topological polar surface area (TPSA) is 76.0 Å². The third kappa shape index (κ3) is 3.33. The molecule has 24 heavy (non-hydrogen) atoms. The van der Waals surface area contributed by atoms with Crippen molar-refractivity contribution in [2.75, 3.05) is 12.4 Å². The zero-order valence-corrected chi connectivity index (χ0v) is 13.1. The summed E-state index contributed by atoms with van der Waals surface area (Å²) in [6, 6.07) is 14.0. The predicted molar refractivity (Wildman–Crippen MR) is 91.3 cm³/mol. The number of hydrogen-bond acceptors (Lipinski definition) is 3. The van der Waals surface area contributed by atoms with Gasteiger partial charge in [-0.25, -0.2) is 4.98 Å². The van der Waals surface area contributed by atoms with E-state index in [1.807, 2.05) is 22.9 Å². The summed E-state index contributed by atoms with van der Waals surface area (Å²) in [4.78, 5) is 28.0. The zero-order chi connectivity index (χ0) is 16.9. The lowest BCUT2D eigenvalue weighted by Crippen LogP contribution is -2.18. The fourth-order valence-corrected chi connectivity index (χ4v) is 2.28. The summed E-state index contributed by atoms with van der Waals surface area (Å²) in [7, 11) is 1.56. The van der Waals surface area contributed by atoms with Gasteiger partial charge in [-0.3, -0.25) is 9.59 Å². The Hall–Kier alpha value is -3.41. The number of hydrogen-bond donors (Lipinski definition) is 2. The van der Waals surface area contributed by atoms with Crippen LogP contribution in [0.1, 0.15) is 20.7 Å². The van der Waals surface area contributed by atoms with Crippen molar-refractivity contribution in [3.05, 3.63) is 78.4 Å². The highest BCUT2D eigenvalue weighted by atomic mass is 16.2. The maximum Gasteiger partial charge on any atom is 0.255 e. The van der Waals surface area contributed by atoms with E-state index in [-0.39, 0.29) is 11.8 Å². The van der Waals surface area contributed by atoms with Crippen molar-refractivity contribution in [1.29, 1.82) is 0 Å². The van der Waals surface area contributed by atoms with Crippen LogP contribution in [0.4, 0.5) is 5.69 Å². The van der Waals surface area contributed by atoms with Gasteiger partial charge in [0.15, 0.2) is 0 Å². The van der Waals surface area contributed by atoms with Crippen LogP contribution in [0.15, 0.2) is 67.3 Å². The molecule has 0 spiro atoms.